The number of nitrogens with one attached hydrogen (secondary N) is 2. The first-order valence-corrected chi connectivity index (χ1v) is 22.8. The largest absolute Gasteiger partial charge is 0.344 e. The van der Waals surface area contributed by atoms with Crippen LogP contribution in [0.4, 0.5) is 0 Å². The lowest BCUT2D eigenvalue weighted by Gasteiger charge is -2.34. The minimum atomic E-state index is -0.318. The van der Waals surface area contributed by atoms with E-state index in [1.165, 1.54) is 16.8 Å². The van der Waals surface area contributed by atoms with Crippen molar-refractivity contribution in [1.82, 2.24) is 39.5 Å². The third-order valence-corrected chi connectivity index (χ3v) is 13.6. The molecule has 0 saturated carbocycles. The first kappa shape index (κ1) is 40.8. The van der Waals surface area contributed by atoms with E-state index in [1.807, 2.05) is 36.4 Å². The Balaban J connectivity index is 0.962. The molecule has 2 amide bonds. The summed E-state index contributed by atoms with van der Waals surface area (Å²) in [6.45, 7) is 13.2. The van der Waals surface area contributed by atoms with Gasteiger partial charge in [0.05, 0.1) is 28.8 Å². The molecule has 2 N–H and O–H groups in total. The predicted octanol–water partition coefficient (Wildman–Crippen LogP) is 9.60. The minimum Gasteiger partial charge on any atom is -0.344 e. The molecule has 10 nitrogen and oxygen atoms in total. The van der Waals surface area contributed by atoms with Crippen molar-refractivity contribution >= 4 is 22.8 Å². The highest BCUT2D eigenvalue weighted by Crippen LogP contribution is 2.40. The van der Waals surface area contributed by atoms with Gasteiger partial charge in [0.1, 0.15) is 23.7 Å². The molecule has 316 valence electrons. The van der Waals surface area contributed by atoms with Crippen LogP contribution in [-0.4, -0.2) is 90.6 Å². The predicted molar refractivity (Wildman–Crippen MR) is 243 cm³/mol. The highest BCUT2D eigenvalue weighted by atomic mass is 16.2. The van der Waals surface area contributed by atoms with Crippen LogP contribution in [-0.2, 0) is 22.4 Å². The second kappa shape index (κ2) is 17.8. The molecule has 10 heteroatoms. The molecule has 0 spiro atoms. The zero-order valence-electron chi connectivity index (χ0n) is 36.2. The van der Waals surface area contributed by atoms with Crippen molar-refractivity contribution in [3.05, 3.63) is 131 Å². The Kier molecular flexibility index (Phi) is 11.9. The van der Waals surface area contributed by atoms with E-state index in [9.17, 15) is 9.59 Å². The molecule has 2 saturated heterocycles. The molecule has 0 radical (unpaired) electrons. The molecule has 4 heterocycles. The summed E-state index contributed by atoms with van der Waals surface area (Å²) in [4.78, 5) is 55.4. The molecular weight excluding hydrogens is 757 g/mol. The smallest absolute Gasteiger partial charge is 0.245 e. The lowest BCUT2D eigenvalue weighted by molar-refractivity contribution is -0.139. The van der Waals surface area contributed by atoms with E-state index in [4.69, 9.17) is 9.97 Å². The highest BCUT2D eigenvalue weighted by Gasteiger charge is 2.40. The zero-order chi connectivity index (χ0) is 42.0. The molecule has 4 aromatic carbocycles. The quantitative estimate of drug-likeness (QED) is 0.120. The number of aromatic amines is 2. The van der Waals surface area contributed by atoms with Gasteiger partial charge in [-0.3, -0.25) is 19.4 Å². The van der Waals surface area contributed by atoms with Crippen molar-refractivity contribution in [3.63, 3.8) is 0 Å². The summed E-state index contributed by atoms with van der Waals surface area (Å²) in [5.41, 5.74) is 10.9. The number of H-pyrrole nitrogens is 2. The van der Waals surface area contributed by atoms with Crippen LogP contribution in [0, 0.1) is 0 Å². The summed E-state index contributed by atoms with van der Waals surface area (Å²) in [6, 6.07) is 32.9. The van der Waals surface area contributed by atoms with E-state index in [-0.39, 0.29) is 36.0 Å². The molecule has 0 unspecified atom stereocenters. The topological polar surface area (TPSA) is 104 Å². The van der Waals surface area contributed by atoms with Crippen LogP contribution in [0.3, 0.4) is 0 Å². The van der Waals surface area contributed by atoms with Gasteiger partial charge in [-0.2, -0.15) is 0 Å². The van der Waals surface area contributed by atoms with E-state index in [2.05, 4.69) is 118 Å². The number of carbonyl (C=O) groups is 2. The number of benzene rings is 4. The molecule has 4 atom stereocenters. The molecule has 6 aromatic rings. The average Bonchev–Trinajstić information content (AvgIpc) is 4.13. The summed E-state index contributed by atoms with van der Waals surface area (Å²) < 4.78 is 0. The normalized spacial score (nSPS) is 18.7. The number of amides is 2. The molecular formula is C51H60N8O2. The van der Waals surface area contributed by atoms with Crippen molar-refractivity contribution < 1.29 is 9.59 Å². The maximum atomic E-state index is 14.5. The van der Waals surface area contributed by atoms with Crippen molar-refractivity contribution in [2.45, 2.75) is 96.8 Å². The van der Waals surface area contributed by atoms with Gasteiger partial charge < -0.3 is 19.8 Å². The van der Waals surface area contributed by atoms with Crippen molar-refractivity contribution in [1.29, 1.82) is 0 Å². The fourth-order valence-corrected chi connectivity index (χ4v) is 10.4. The van der Waals surface area contributed by atoms with Crippen LogP contribution < -0.4 is 0 Å². The summed E-state index contributed by atoms with van der Waals surface area (Å²) >= 11 is 0. The molecule has 2 fully saturated rings. The van der Waals surface area contributed by atoms with E-state index >= 15 is 0 Å². The number of likely N-dealkylation sites (N-methyl/N-ethyl adjacent to an activating group) is 2. The molecule has 9 rings (SSSR count). The van der Waals surface area contributed by atoms with Gasteiger partial charge in [0.25, 0.3) is 0 Å². The van der Waals surface area contributed by atoms with Crippen LogP contribution >= 0.6 is 0 Å². The van der Waals surface area contributed by atoms with E-state index < -0.39 is 0 Å². The van der Waals surface area contributed by atoms with Gasteiger partial charge in [0.15, 0.2) is 0 Å². The maximum Gasteiger partial charge on any atom is 0.245 e. The van der Waals surface area contributed by atoms with Crippen LogP contribution in [0.1, 0.15) is 118 Å². The van der Waals surface area contributed by atoms with Gasteiger partial charge in [0, 0.05) is 24.3 Å². The van der Waals surface area contributed by atoms with E-state index in [0.29, 0.717) is 0 Å². The van der Waals surface area contributed by atoms with Crippen molar-refractivity contribution in [2.24, 2.45) is 0 Å². The number of nitrogens with zero attached hydrogens (tertiary/aromatic N) is 6. The third kappa shape index (κ3) is 7.80. The second-order valence-corrected chi connectivity index (χ2v) is 17.0. The van der Waals surface area contributed by atoms with Crippen LogP contribution in [0.5, 0.6) is 0 Å². The number of likely N-dealkylation sites (tertiary alicyclic amines) is 2. The fraction of sp³-hybridized carbons (Fsp3) is 0.412. The average molecular weight is 817 g/mol. The molecule has 2 aliphatic heterocycles. The molecule has 3 aliphatic rings. The number of hydrogen-bond donors (Lipinski definition) is 2. The van der Waals surface area contributed by atoms with Crippen molar-refractivity contribution in [2.75, 3.05) is 39.3 Å². The second-order valence-electron chi connectivity index (χ2n) is 17.0. The van der Waals surface area contributed by atoms with Crippen LogP contribution in [0.2, 0.25) is 0 Å². The van der Waals surface area contributed by atoms with Crippen LogP contribution in [0.25, 0.3) is 33.4 Å². The SMILES string of the molecule is CCN(CC)[C@@H](C(=O)N1CCC[C@H]1c1nc2c([nH]1)CCCc1cc(-c3ccc4nc([C@@H]5CCCN5C(=O)[C@@H](c5ccccc5)N(CC)CC)[nH]c4c3)ccc1-2)c1ccccc1. The lowest BCUT2D eigenvalue weighted by Crippen LogP contribution is -2.43. The summed E-state index contributed by atoms with van der Waals surface area (Å²) in [6.07, 6.45) is 6.62. The number of aromatic nitrogens is 4. The minimum absolute atomic E-state index is 0.0722. The lowest BCUT2D eigenvalue weighted by atomic mass is 9.96. The molecule has 61 heavy (non-hydrogen) atoms. The summed E-state index contributed by atoms with van der Waals surface area (Å²) in [5.74, 6) is 2.08. The number of fused-ring (bicyclic) bond motifs is 4. The Morgan fingerprint density at radius 1 is 0.639 bits per heavy atom. The number of aryl methyl sites for hydroxylation is 2. The molecule has 1 aliphatic carbocycles. The Morgan fingerprint density at radius 2 is 1.18 bits per heavy atom. The zero-order valence-corrected chi connectivity index (χ0v) is 36.2. The Labute approximate surface area is 360 Å². The van der Waals surface area contributed by atoms with Crippen LogP contribution in [0.15, 0.2) is 97.1 Å². The van der Waals surface area contributed by atoms with Gasteiger partial charge in [-0.25, -0.2) is 9.97 Å². The van der Waals surface area contributed by atoms with Gasteiger partial charge >= 0.3 is 0 Å². The van der Waals surface area contributed by atoms with Gasteiger partial charge in [-0.1, -0.05) is 113 Å². The highest BCUT2D eigenvalue weighted by molar-refractivity contribution is 5.86. The first-order valence-electron chi connectivity index (χ1n) is 22.8. The third-order valence-electron chi connectivity index (χ3n) is 13.6. The Bertz CT molecular complexity index is 2470. The maximum absolute atomic E-state index is 14.5. The molecule has 2 aromatic heterocycles. The number of rotatable bonds is 13. The number of hydrogen-bond acceptors (Lipinski definition) is 6. The summed E-state index contributed by atoms with van der Waals surface area (Å²) in [5, 5.41) is 0. The Hall–Kier alpha value is -5.58. The molecule has 0 bridgehead atoms. The van der Waals surface area contributed by atoms with Gasteiger partial charge in [-0.05, 0) is 111 Å². The fourth-order valence-electron chi connectivity index (χ4n) is 10.4. The van der Waals surface area contributed by atoms with Gasteiger partial charge in [-0.15, -0.1) is 0 Å². The Morgan fingerprint density at radius 3 is 1.75 bits per heavy atom. The van der Waals surface area contributed by atoms with E-state index in [1.54, 1.807) is 0 Å². The first-order chi connectivity index (χ1) is 29.9. The van der Waals surface area contributed by atoms with Gasteiger partial charge in [0.2, 0.25) is 11.8 Å². The summed E-state index contributed by atoms with van der Waals surface area (Å²) in [7, 11) is 0. The monoisotopic (exact) mass is 816 g/mol. The number of imidazole rings is 2. The number of carbonyl (C=O) groups excluding carboxylic acids is 2. The van der Waals surface area contributed by atoms with Crippen molar-refractivity contribution in [3.8, 4) is 22.4 Å². The van der Waals surface area contributed by atoms with E-state index in [0.717, 1.165) is 135 Å². The standard InChI is InChI=1S/C51H60N8O2/c1-5-56(6-2)46(34-18-11-9-12-19-34)50(60)58-30-16-24-43(58)48-52-40-29-27-37(33-42(40)54-48)36-26-28-39-38(32-36)22-15-23-41-45(39)55-49(53-41)44-25-17-31-59(44)51(61)47(57(7-3)8-4)35-20-13-10-14-21-35/h9-14,18-21,26-29,32-33,43-44,46-47H,5-8,15-17,22-25,30-31H2,1-4H3,(H,52,54)(H,53,55)/t43-,44-,46+,47+/m0/s1.